The maximum absolute atomic E-state index is 9.74. The number of hydrogen-bond donors (Lipinski definition) is 2. The molecule has 0 bridgehead atoms. The van der Waals surface area contributed by atoms with E-state index in [0.29, 0.717) is 5.75 Å². The van der Waals surface area contributed by atoms with Gasteiger partial charge in [0.15, 0.2) is 0 Å². The molecule has 0 spiro atoms. The second-order valence-corrected chi connectivity index (χ2v) is 4.14. The molecule has 1 rings (SSSR count). The van der Waals surface area contributed by atoms with Crippen LogP contribution in [0.25, 0.3) is 0 Å². The van der Waals surface area contributed by atoms with Gasteiger partial charge < -0.3 is 15.6 Å². The molecule has 2 atom stereocenters. The van der Waals surface area contributed by atoms with Gasteiger partial charge in [0.25, 0.3) is 0 Å². The SMILES string of the molecule is COc1cc(Br)cc([C@H](O)[C@@H](C)N)c1. The monoisotopic (exact) mass is 259 g/mol. The van der Waals surface area contributed by atoms with Gasteiger partial charge in [-0.2, -0.15) is 0 Å². The number of rotatable bonds is 3. The van der Waals surface area contributed by atoms with Crippen LogP contribution in [-0.2, 0) is 0 Å². The molecular formula is C10H14BrNO2. The summed E-state index contributed by atoms with van der Waals surface area (Å²) in [5.74, 6) is 0.703. The van der Waals surface area contributed by atoms with E-state index in [-0.39, 0.29) is 6.04 Å². The van der Waals surface area contributed by atoms with Crippen LogP contribution in [0, 0.1) is 0 Å². The van der Waals surface area contributed by atoms with E-state index >= 15 is 0 Å². The summed E-state index contributed by atoms with van der Waals surface area (Å²) >= 11 is 3.34. The van der Waals surface area contributed by atoms with E-state index in [9.17, 15) is 5.11 Å². The second-order valence-electron chi connectivity index (χ2n) is 3.23. The minimum absolute atomic E-state index is 0.297. The van der Waals surface area contributed by atoms with Crippen LogP contribution in [-0.4, -0.2) is 18.3 Å². The Balaban J connectivity index is 3.02. The third-order valence-corrected chi connectivity index (χ3v) is 2.43. The molecule has 0 amide bonds. The highest BCUT2D eigenvalue weighted by molar-refractivity contribution is 9.10. The molecule has 0 unspecified atom stereocenters. The summed E-state index contributed by atoms with van der Waals surface area (Å²) in [4.78, 5) is 0. The van der Waals surface area contributed by atoms with E-state index in [4.69, 9.17) is 10.5 Å². The van der Waals surface area contributed by atoms with Gasteiger partial charge in [-0.15, -0.1) is 0 Å². The molecule has 0 aromatic heterocycles. The number of halogens is 1. The zero-order valence-electron chi connectivity index (χ0n) is 8.20. The number of aliphatic hydroxyl groups is 1. The average molecular weight is 260 g/mol. The molecule has 78 valence electrons. The molecule has 0 saturated carbocycles. The van der Waals surface area contributed by atoms with Crippen molar-refractivity contribution in [2.45, 2.75) is 19.1 Å². The molecule has 3 N–H and O–H groups in total. The molecule has 3 nitrogen and oxygen atoms in total. The Kier molecular flexibility index (Phi) is 3.92. The van der Waals surface area contributed by atoms with E-state index in [0.717, 1.165) is 10.0 Å². The number of ether oxygens (including phenoxy) is 1. The zero-order valence-corrected chi connectivity index (χ0v) is 9.78. The summed E-state index contributed by atoms with van der Waals surface area (Å²) in [5.41, 5.74) is 6.36. The Bertz CT molecular complexity index is 315. The lowest BCUT2D eigenvalue weighted by molar-refractivity contribution is 0.153. The van der Waals surface area contributed by atoms with Crippen molar-refractivity contribution in [1.29, 1.82) is 0 Å². The Morgan fingerprint density at radius 1 is 1.43 bits per heavy atom. The summed E-state index contributed by atoms with van der Waals surface area (Å²) in [7, 11) is 1.59. The smallest absolute Gasteiger partial charge is 0.120 e. The van der Waals surface area contributed by atoms with Gasteiger partial charge in [0.1, 0.15) is 5.75 Å². The van der Waals surface area contributed by atoms with E-state index in [1.807, 2.05) is 12.1 Å². The van der Waals surface area contributed by atoms with Gasteiger partial charge in [-0.05, 0) is 30.7 Å². The van der Waals surface area contributed by atoms with Gasteiger partial charge in [0.2, 0.25) is 0 Å². The molecule has 4 heteroatoms. The minimum atomic E-state index is -0.665. The van der Waals surface area contributed by atoms with Gasteiger partial charge in [0, 0.05) is 10.5 Å². The fraction of sp³-hybridized carbons (Fsp3) is 0.400. The van der Waals surface area contributed by atoms with Crippen LogP contribution in [0.3, 0.4) is 0 Å². The number of hydrogen-bond acceptors (Lipinski definition) is 3. The summed E-state index contributed by atoms with van der Waals surface area (Å²) in [5, 5.41) is 9.74. The molecule has 0 heterocycles. The van der Waals surface area contributed by atoms with Crippen molar-refractivity contribution >= 4 is 15.9 Å². The van der Waals surface area contributed by atoms with Gasteiger partial charge >= 0.3 is 0 Å². The lowest BCUT2D eigenvalue weighted by Gasteiger charge is -2.16. The first-order valence-corrected chi connectivity index (χ1v) is 5.12. The first-order chi connectivity index (χ1) is 6.54. The standard InChI is InChI=1S/C10H14BrNO2/c1-6(12)10(13)7-3-8(11)5-9(4-7)14-2/h3-6,10,13H,12H2,1-2H3/t6-,10-/m1/s1. The summed E-state index contributed by atoms with van der Waals surface area (Å²) < 4.78 is 5.95. The van der Waals surface area contributed by atoms with Crippen LogP contribution < -0.4 is 10.5 Å². The highest BCUT2D eigenvalue weighted by Gasteiger charge is 2.13. The Morgan fingerprint density at radius 3 is 2.57 bits per heavy atom. The third-order valence-electron chi connectivity index (χ3n) is 1.97. The molecule has 14 heavy (non-hydrogen) atoms. The van der Waals surface area contributed by atoms with Crippen molar-refractivity contribution in [2.75, 3.05) is 7.11 Å². The number of aliphatic hydroxyl groups excluding tert-OH is 1. The van der Waals surface area contributed by atoms with Crippen LogP contribution in [0.5, 0.6) is 5.75 Å². The molecule has 0 fully saturated rings. The first-order valence-electron chi connectivity index (χ1n) is 4.32. The predicted octanol–water partition coefficient (Wildman–Crippen LogP) is 1.84. The van der Waals surface area contributed by atoms with Crippen molar-refractivity contribution in [3.8, 4) is 5.75 Å². The van der Waals surface area contributed by atoms with E-state index in [1.165, 1.54) is 0 Å². The highest BCUT2D eigenvalue weighted by Crippen LogP contribution is 2.26. The van der Waals surface area contributed by atoms with Crippen molar-refractivity contribution in [3.63, 3.8) is 0 Å². The van der Waals surface area contributed by atoms with Gasteiger partial charge in [0.05, 0.1) is 13.2 Å². The van der Waals surface area contributed by atoms with Crippen LogP contribution in [0.2, 0.25) is 0 Å². The van der Waals surface area contributed by atoms with Crippen LogP contribution >= 0.6 is 15.9 Å². The Morgan fingerprint density at radius 2 is 2.07 bits per heavy atom. The van der Waals surface area contributed by atoms with Gasteiger partial charge in [-0.25, -0.2) is 0 Å². The molecule has 0 radical (unpaired) electrons. The molecule has 0 aliphatic heterocycles. The number of methoxy groups -OCH3 is 1. The lowest BCUT2D eigenvalue weighted by Crippen LogP contribution is -2.24. The lowest BCUT2D eigenvalue weighted by atomic mass is 10.0. The van der Waals surface area contributed by atoms with Crippen LogP contribution in [0.4, 0.5) is 0 Å². The van der Waals surface area contributed by atoms with E-state index < -0.39 is 6.10 Å². The van der Waals surface area contributed by atoms with E-state index in [1.54, 1.807) is 20.1 Å². The summed E-state index contributed by atoms with van der Waals surface area (Å²) in [6.07, 6.45) is -0.665. The first kappa shape index (κ1) is 11.5. The Hall–Kier alpha value is -0.580. The topological polar surface area (TPSA) is 55.5 Å². The van der Waals surface area contributed by atoms with Gasteiger partial charge in [-0.1, -0.05) is 15.9 Å². The largest absolute Gasteiger partial charge is 0.497 e. The summed E-state index contributed by atoms with van der Waals surface area (Å²) in [6.45, 7) is 1.76. The quantitative estimate of drug-likeness (QED) is 0.871. The maximum Gasteiger partial charge on any atom is 0.120 e. The fourth-order valence-electron chi connectivity index (χ4n) is 1.18. The fourth-order valence-corrected chi connectivity index (χ4v) is 1.67. The Labute approximate surface area is 92.0 Å². The molecule has 0 saturated heterocycles. The van der Waals surface area contributed by atoms with E-state index in [2.05, 4.69) is 15.9 Å². The van der Waals surface area contributed by atoms with Crippen molar-refractivity contribution in [2.24, 2.45) is 5.73 Å². The van der Waals surface area contributed by atoms with Crippen LogP contribution in [0.1, 0.15) is 18.6 Å². The summed E-state index contributed by atoms with van der Waals surface area (Å²) in [6, 6.07) is 5.14. The normalized spacial score (nSPS) is 14.9. The zero-order chi connectivity index (χ0) is 10.7. The van der Waals surface area contributed by atoms with Crippen molar-refractivity contribution in [1.82, 2.24) is 0 Å². The molecule has 0 aliphatic carbocycles. The van der Waals surface area contributed by atoms with Crippen molar-refractivity contribution in [3.05, 3.63) is 28.2 Å². The van der Waals surface area contributed by atoms with Crippen LogP contribution in [0.15, 0.2) is 22.7 Å². The maximum atomic E-state index is 9.74. The molecule has 1 aromatic rings. The molecular weight excluding hydrogens is 246 g/mol. The predicted molar refractivity (Wildman–Crippen MR) is 59.3 cm³/mol. The van der Waals surface area contributed by atoms with Gasteiger partial charge in [-0.3, -0.25) is 0 Å². The number of benzene rings is 1. The number of nitrogens with two attached hydrogens (primary N) is 1. The highest BCUT2D eigenvalue weighted by atomic mass is 79.9. The molecule has 1 aromatic carbocycles. The molecule has 0 aliphatic rings. The second kappa shape index (κ2) is 4.77. The average Bonchev–Trinajstić information content (AvgIpc) is 2.15. The van der Waals surface area contributed by atoms with Crippen molar-refractivity contribution < 1.29 is 9.84 Å². The third kappa shape index (κ3) is 2.70. The minimum Gasteiger partial charge on any atom is -0.497 e.